The van der Waals surface area contributed by atoms with E-state index in [4.69, 9.17) is 24.3 Å². The van der Waals surface area contributed by atoms with Gasteiger partial charge in [0.05, 0.1) is 13.2 Å². The smallest absolute Gasteiger partial charge is 0.462 e. The molecule has 75 heavy (non-hydrogen) atoms. The van der Waals surface area contributed by atoms with Gasteiger partial charge in [-0.3, -0.25) is 18.6 Å². The molecule has 0 fully saturated rings. The van der Waals surface area contributed by atoms with Gasteiger partial charge in [0.25, 0.3) is 0 Å². The maximum absolute atomic E-state index is 12.7. The van der Waals surface area contributed by atoms with Crippen LogP contribution in [0.4, 0.5) is 0 Å². The van der Waals surface area contributed by atoms with Crippen LogP contribution < -0.4 is 5.73 Å². The molecule has 0 aliphatic carbocycles. The average molecular weight is 1070 g/mol. The minimum Gasteiger partial charge on any atom is -0.462 e. The van der Waals surface area contributed by atoms with Gasteiger partial charge in [-0.2, -0.15) is 0 Å². The van der Waals surface area contributed by atoms with Crippen molar-refractivity contribution in [1.82, 2.24) is 0 Å². The predicted octanol–water partition coefficient (Wildman–Crippen LogP) is 19.4. The van der Waals surface area contributed by atoms with Crippen LogP contribution in [0.1, 0.15) is 258 Å². The second-order valence-corrected chi connectivity index (χ2v) is 21.3. The van der Waals surface area contributed by atoms with Crippen molar-refractivity contribution >= 4 is 19.8 Å². The molecule has 0 aromatic heterocycles. The highest BCUT2D eigenvalue weighted by Gasteiger charge is 2.26. The number of esters is 2. The number of carbonyl (C=O) groups excluding carboxylic acids is 2. The van der Waals surface area contributed by atoms with Gasteiger partial charge in [0, 0.05) is 19.4 Å². The Bertz CT molecular complexity index is 1590. The van der Waals surface area contributed by atoms with E-state index in [0.29, 0.717) is 6.42 Å². The number of unbranched alkanes of at least 4 members (excludes halogenated alkanes) is 25. The van der Waals surface area contributed by atoms with E-state index in [1.165, 1.54) is 116 Å². The first-order valence-corrected chi connectivity index (χ1v) is 31.9. The van der Waals surface area contributed by atoms with Crippen molar-refractivity contribution in [2.75, 3.05) is 26.4 Å². The zero-order valence-electron chi connectivity index (χ0n) is 48.0. The minimum atomic E-state index is -4.40. The Labute approximate surface area is 460 Å². The lowest BCUT2D eigenvalue weighted by atomic mass is 10.0. The summed E-state index contributed by atoms with van der Waals surface area (Å²) in [5, 5.41) is 0. The quantitative estimate of drug-likeness (QED) is 0.0264. The lowest BCUT2D eigenvalue weighted by Gasteiger charge is -2.19. The van der Waals surface area contributed by atoms with Gasteiger partial charge in [0.1, 0.15) is 6.61 Å². The van der Waals surface area contributed by atoms with Crippen LogP contribution in [0.15, 0.2) is 109 Å². The van der Waals surface area contributed by atoms with E-state index in [-0.39, 0.29) is 38.6 Å². The highest BCUT2D eigenvalue weighted by molar-refractivity contribution is 7.47. The highest BCUT2D eigenvalue weighted by Crippen LogP contribution is 2.43. The fraction of sp³-hybridized carbons (Fsp3) is 0.692. The van der Waals surface area contributed by atoms with Crippen LogP contribution in [0.5, 0.6) is 0 Å². The predicted molar refractivity (Wildman–Crippen MR) is 321 cm³/mol. The molecule has 0 aromatic rings. The van der Waals surface area contributed by atoms with Crippen molar-refractivity contribution in [1.29, 1.82) is 0 Å². The molecular weight excluding hydrogens is 954 g/mol. The fourth-order valence-electron chi connectivity index (χ4n) is 8.18. The number of hydrogen-bond donors (Lipinski definition) is 2. The average Bonchev–Trinajstić information content (AvgIpc) is 3.40. The van der Waals surface area contributed by atoms with E-state index in [9.17, 15) is 19.0 Å². The van der Waals surface area contributed by atoms with Crippen molar-refractivity contribution in [2.24, 2.45) is 5.73 Å². The lowest BCUT2D eigenvalue weighted by Crippen LogP contribution is -2.29. The molecule has 0 saturated heterocycles. The van der Waals surface area contributed by atoms with Gasteiger partial charge in [0.15, 0.2) is 6.10 Å². The summed E-state index contributed by atoms with van der Waals surface area (Å²) in [6.07, 6.45) is 81.4. The number of nitrogens with two attached hydrogens (primary N) is 1. The number of hydrogen-bond acceptors (Lipinski definition) is 8. The van der Waals surface area contributed by atoms with E-state index < -0.39 is 26.5 Å². The molecule has 0 heterocycles. The maximum atomic E-state index is 12.7. The van der Waals surface area contributed by atoms with E-state index >= 15 is 0 Å². The molecule has 2 unspecified atom stereocenters. The monoisotopic (exact) mass is 1070 g/mol. The summed E-state index contributed by atoms with van der Waals surface area (Å²) >= 11 is 0. The van der Waals surface area contributed by atoms with Crippen LogP contribution in [0.25, 0.3) is 0 Å². The molecule has 2 atom stereocenters. The Morgan fingerprint density at radius 3 is 1.09 bits per heavy atom. The maximum Gasteiger partial charge on any atom is 0.472 e. The molecule has 0 spiro atoms. The molecule has 0 bridgehead atoms. The minimum absolute atomic E-state index is 0.0454. The molecule has 0 amide bonds. The SMILES string of the molecule is CC/C=C\C/C=C\C/C=C\C/C=C\C/C=C\C/C=C\CCCCCCCCC(=O)OC(COC(=O)CCCCCCCCCCCCCCCC/C=C\C/C=C\C/C=C\CCCCCCC)COP(=O)(O)OCCN. The number of phosphoric acid groups is 1. The summed E-state index contributed by atoms with van der Waals surface area (Å²) in [5.74, 6) is -0.847. The lowest BCUT2D eigenvalue weighted by molar-refractivity contribution is -0.161. The number of phosphoric ester groups is 1. The molecule has 0 saturated carbocycles. The number of allylic oxidation sites excluding steroid dienone is 18. The van der Waals surface area contributed by atoms with Crippen molar-refractivity contribution in [3.63, 3.8) is 0 Å². The summed E-state index contributed by atoms with van der Waals surface area (Å²) in [7, 11) is -4.40. The van der Waals surface area contributed by atoms with E-state index in [0.717, 1.165) is 109 Å². The molecule has 0 aliphatic heterocycles. The van der Waals surface area contributed by atoms with Gasteiger partial charge in [-0.25, -0.2) is 4.57 Å². The highest BCUT2D eigenvalue weighted by atomic mass is 31.2. The van der Waals surface area contributed by atoms with E-state index in [2.05, 4.69) is 123 Å². The zero-order chi connectivity index (χ0) is 54.5. The van der Waals surface area contributed by atoms with Crippen LogP contribution >= 0.6 is 7.82 Å². The second-order valence-electron chi connectivity index (χ2n) is 19.8. The van der Waals surface area contributed by atoms with Gasteiger partial charge in [-0.15, -0.1) is 0 Å². The summed E-state index contributed by atoms with van der Waals surface area (Å²) < 4.78 is 33.1. The molecule has 0 aliphatic rings. The third-order valence-corrected chi connectivity index (χ3v) is 13.6. The third-order valence-electron chi connectivity index (χ3n) is 12.6. The molecule has 0 radical (unpaired) electrons. The first-order chi connectivity index (χ1) is 36.8. The van der Waals surface area contributed by atoms with Crippen molar-refractivity contribution < 1.29 is 37.6 Å². The molecule has 9 nitrogen and oxygen atoms in total. The summed E-state index contributed by atoms with van der Waals surface area (Å²) in [6, 6.07) is 0. The Morgan fingerprint density at radius 2 is 0.733 bits per heavy atom. The van der Waals surface area contributed by atoms with Crippen molar-refractivity contribution in [2.45, 2.75) is 264 Å². The van der Waals surface area contributed by atoms with Crippen LogP contribution in [-0.4, -0.2) is 49.3 Å². The van der Waals surface area contributed by atoms with Crippen LogP contribution in [-0.2, 0) is 32.7 Å². The Hall–Kier alpha value is -3.33. The Kier molecular flexibility index (Phi) is 57.2. The molecule has 430 valence electrons. The Morgan fingerprint density at radius 1 is 0.413 bits per heavy atom. The molecule has 10 heteroatoms. The Balaban J connectivity index is 4.00. The fourth-order valence-corrected chi connectivity index (χ4v) is 8.94. The number of ether oxygens (including phenoxy) is 2. The molecule has 0 aromatic carbocycles. The van der Waals surface area contributed by atoms with Crippen LogP contribution in [0.2, 0.25) is 0 Å². The third kappa shape index (κ3) is 59.8. The van der Waals surface area contributed by atoms with Gasteiger partial charge >= 0.3 is 19.8 Å². The first kappa shape index (κ1) is 71.7. The zero-order valence-corrected chi connectivity index (χ0v) is 48.9. The number of carbonyl (C=O) groups is 2. The summed E-state index contributed by atoms with van der Waals surface area (Å²) in [6.45, 7) is 3.61. The first-order valence-electron chi connectivity index (χ1n) is 30.4. The van der Waals surface area contributed by atoms with Crippen LogP contribution in [0.3, 0.4) is 0 Å². The molecule has 0 rings (SSSR count). The normalized spacial score (nSPS) is 13.8. The molecular formula is C65H112NO8P. The van der Waals surface area contributed by atoms with E-state index in [1.54, 1.807) is 0 Å². The van der Waals surface area contributed by atoms with Gasteiger partial charge in [0.2, 0.25) is 0 Å². The van der Waals surface area contributed by atoms with Gasteiger partial charge < -0.3 is 20.1 Å². The summed E-state index contributed by atoms with van der Waals surface area (Å²) in [4.78, 5) is 35.2. The van der Waals surface area contributed by atoms with Crippen molar-refractivity contribution in [3.8, 4) is 0 Å². The molecule has 3 N–H and O–H groups in total. The van der Waals surface area contributed by atoms with Crippen molar-refractivity contribution in [3.05, 3.63) is 109 Å². The topological polar surface area (TPSA) is 134 Å². The number of rotatable bonds is 56. The largest absolute Gasteiger partial charge is 0.472 e. The van der Waals surface area contributed by atoms with Gasteiger partial charge in [-0.05, 0) is 103 Å². The van der Waals surface area contributed by atoms with Gasteiger partial charge in [-0.1, -0.05) is 252 Å². The standard InChI is InChI=1S/C65H112NO8P/c1-3-5-7-9-11-13-15-17-19-21-23-25-27-29-30-31-32-34-35-37-39-41-43-45-47-49-51-53-55-57-64(67)71-61-63(62-73-75(69,70)72-60-59-66)74-65(68)58-56-54-52-50-48-46-44-42-40-38-36-33-28-26-24-22-20-18-16-14-12-10-8-6-4-2/h6,8,12,14-15,17-18,20-21,23-24,26-27,29,33,36,40,42,63H,3-5,7,9-11,13,16,19,22,25,28,30-32,34-35,37-39,41,43-62,66H2,1-2H3,(H,69,70)/b8-6-,14-12-,17-15-,20-18-,23-21-,26-24-,29-27-,36-33-,42-40-. The van der Waals surface area contributed by atoms with E-state index in [1.807, 2.05) is 0 Å². The summed E-state index contributed by atoms with van der Waals surface area (Å²) in [5.41, 5.74) is 5.39. The second kappa shape index (κ2) is 59.9. The van der Waals surface area contributed by atoms with Crippen LogP contribution in [0, 0.1) is 0 Å².